The second-order valence-electron chi connectivity index (χ2n) is 6.14. The SMILES string of the molecule is CC1CC(C)N(Cc2ccc(CNC3CC3)s2)C1. The molecule has 1 saturated carbocycles. The maximum Gasteiger partial charge on any atom is 0.0330 e. The molecule has 0 spiro atoms. The van der Waals surface area contributed by atoms with Crippen molar-refractivity contribution in [3.63, 3.8) is 0 Å². The zero-order chi connectivity index (χ0) is 12.5. The van der Waals surface area contributed by atoms with E-state index >= 15 is 0 Å². The molecule has 0 bridgehead atoms. The number of rotatable bonds is 5. The zero-order valence-corrected chi connectivity index (χ0v) is 12.3. The highest BCUT2D eigenvalue weighted by atomic mass is 32.1. The van der Waals surface area contributed by atoms with Crippen molar-refractivity contribution in [3.8, 4) is 0 Å². The molecule has 1 aromatic rings. The third-order valence-electron chi connectivity index (χ3n) is 4.13. The molecule has 0 radical (unpaired) electrons. The van der Waals surface area contributed by atoms with Crippen LogP contribution in [0.2, 0.25) is 0 Å². The minimum absolute atomic E-state index is 0.759. The molecule has 2 aliphatic rings. The molecule has 2 heterocycles. The van der Waals surface area contributed by atoms with Crippen molar-refractivity contribution in [2.45, 2.75) is 58.3 Å². The van der Waals surface area contributed by atoms with Crippen molar-refractivity contribution in [3.05, 3.63) is 21.9 Å². The predicted octanol–water partition coefficient (Wildman–Crippen LogP) is 3.23. The number of hydrogen-bond acceptors (Lipinski definition) is 3. The monoisotopic (exact) mass is 264 g/mol. The highest BCUT2D eigenvalue weighted by Gasteiger charge is 2.26. The Balaban J connectivity index is 1.52. The van der Waals surface area contributed by atoms with E-state index in [0.29, 0.717) is 0 Å². The van der Waals surface area contributed by atoms with Gasteiger partial charge in [-0.05, 0) is 44.2 Å². The summed E-state index contributed by atoms with van der Waals surface area (Å²) in [6, 6.07) is 6.20. The lowest BCUT2D eigenvalue weighted by atomic mass is 10.1. The van der Waals surface area contributed by atoms with Gasteiger partial charge in [-0.1, -0.05) is 6.92 Å². The van der Waals surface area contributed by atoms with Crippen LogP contribution >= 0.6 is 11.3 Å². The Labute approximate surface area is 114 Å². The Hall–Kier alpha value is -0.380. The smallest absolute Gasteiger partial charge is 0.0330 e. The molecule has 1 N–H and O–H groups in total. The third kappa shape index (κ3) is 3.14. The lowest BCUT2D eigenvalue weighted by Crippen LogP contribution is -2.26. The average molecular weight is 264 g/mol. The summed E-state index contributed by atoms with van der Waals surface area (Å²) < 4.78 is 0. The van der Waals surface area contributed by atoms with Crippen LogP contribution in [0.25, 0.3) is 0 Å². The summed E-state index contributed by atoms with van der Waals surface area (Å²) in [5.41, 5.74) is 0. The molecule has 1 saturated heterocycles. The van der Waals surface area contributed by atoms with Crippen LogP contribution in [0, 0.1) is 5.92 Å². The predicted molar refractivity (Wildman–Crippen MR) is 77.8 cm³/mol. The van der Waals surface area contributed by atoms with E-state index in [2.05, 4.69) is 36.2 Å². The third-order valence-corrected chi connectivity index (χ3v) is 5.20. The summed E-state index contributed by atoms with van der Waals surface area (Å²) in [6.45, 7) is 8.23. The van der Waals surface area contributed by atoms with Gasteiger partial charge in [-0.15, -0.1) is 11.3 Å². The Morgan fingerprint density at radius 3 is 2.72 bits per heavy atom. The highest BCUT2D eigenvalue weighted by molar-refractivity contribution is 7.11. The minimum Gasteiger partial charge on any atom is -0.309 e. The van der Waals surface area contributed by atoms with Gasteiger partial charge in [0.05, 0.1) is 0 Å². The van der Waals surface area contributed by atoms with Crippen molar-refractivity contribution in [2.24, 2.45) is 5.92 Å². The van der Waals surface area contributed by atoms with E-state index in [1.807, 2.05) is 11.3 Å². The molecule has 2 unspecified atom stereocenters. The van der Waals surface area contributed by atoms with Crippen molar-refractivity contribution in [1.29, 1.82) is 0 Å². The van der Waals surface area contributed by atoms with Gasteiger partial charge in [0.15, 0.2) is 0 Å². The van der Waals surface area contributed by atoms with Gasteiger partial charge in [0.1, 0.15) is 0 Å². The zero-order valence-electron chi connectivity index (χ0n) is 11.5. The molecule has 2 nitrogen and oxygen atoms in total. The first-order chi connectivity index (χ1) is 8.70. The van der Waals surface area contributed by atoms with E-state index in [1.54, 1.807) is 0 Å². The fourth-order valence-electron chi connectivity index (χ4n) is 2.94. The van der Waals surface area contributed by atoms with Gasteiger partial charge >= 0.3 is 0 Å². The van der Waals surface area contributed by atoms with Gasteiger partial charge in [0, 0.05) is 41.5 Å². The standard InChI is InChI=1S/C15H24N2S/c1-11-7-12(2)17(9-11)10-15-6-5-14(18-15)8-16-13-3-4-13/h5-6,11-13,16H,3-4,7-10H2,1-2H3. The van der Waals surface area contributed by atoms with Gasteiger partial charge in [0.2, 0.25) is 0 Å². The van der Waals surface area contributed by atoms with E-state index in [4.69, 9.17) is 0 Å². The van der Waals surface area contributed by atoms with Crippen LogP contribution in [0.15, 0.2) is 12.1 Å². The molecule has 2 atom stereocenters. The second-order valence-corrected chi connectivity index (χ2v) is 7.40. The number of hydrogen-bond donors (Lipinski definition) is 1. The van der Waals surface area contributed by atoms with Crippen molar-refractivity contribution in [2.75, 3.05) is 6.54 Å². The van der Waals surface area contributed by atoms with Crippen molar-refractivity contribution < 1.29 is 0 Å². The van der Waals surface area contributed by atoms with Crippen LogP contribution in [0.5, 0.6) is 0 Å². The molecule has 100 valence electrons. The first-order valence-electron chi connectivity index (χ1n) is 7.25. The number of nitrogens with one attached hydrogen (secondary N) is 1. The van der Waals surface area contributed by atoms with E-state index in [-0.39, 0.29) is 0 Å². The maximum atomic E-state index is 3.59. The topological polar surface area (TPSA) is 15.3 Å². The first kappa shape index (κ1) is 12.6. The highest BCUT2D eigenvalue weighted by Crippen LogP contribution is 2.27. The Bertz CT molecular complexity index is 397. The van der Waals surface area contributed by atoms with E-state index in [1.165, 1.54) is 35.6 Å². The molecule has 1 aromatic heterocycles. The largest absolute Gasteiger partial charge is 0.309 e. The van der Waals surface area contributed by atoms with Crippen LogP contribution < -0.4 is 5.32 Å². The molecule has 3 heteroatoms. The van der Waals surface area contributed by atoms with Gasteiger partial charge in [-0.3, -0.25) is 4.90 Å². The Morgan fingerprint density at radius 1 is 1.28 bits per heavy atom. The molecule has 0 aromatic carbocycles. The fraction of sp³-hybridized carbons (Fsp3) is 0.733. The molecule has 1 aliphatic carbocycles. The van der Waals surface area contributed by atoms with E-state index in [9.17, 15) is 0 Å². The molecule has 3 rings (SSSR count). The van der Waals surface area contributed by atoms with Crippen molar-refractivity contribution >= 4 is 11.3 Å². The normalized spacial score (nSPS) is 29.0. The first-order valence-corrected chi connectivity index (χ1v) is 8.07. The summed E-state index contributed by atoms with van der Waals surface area (Å²) >= 11 is 1.99. The van der Waals surface area contributed by atoms with Gasteiger partial charge < -0.3 is 5.32 Å². The van der Waals surface area contributed by atoms with Crippen LogP contribution in [0.3, 0.4) is 0 Å². The summed E-state index contributed by atoms with van der Waals surface area (Å²) in [6.07, 6.45) is 4.12. The lowest BCUT2D eigenvalue weighted by Gasteiger charge is -2.19. The van der Waals surface area contributed by atoms with Crippen LogP contribution in [-0.4, -0.2) is 23.5 Å². The summed E-state index contributed by atoms with van der Waals surface area (Å²) in [5.74, 6) is 0.871. The summed E-state index contributed by atoms with van der Waals surface area (Å²) in [7, 11) is 0. The molecule has 18 heavy (non-hydrogen) atoms. The second kappa shape index (κ2) is 5.32. The Morgan fingerprint density at radius 2 is 2.06 bits per heavy atom. The Kier molecular flexibility index (Phi) is 3.73. The molecule has 1 aliphatic heterocycles. The number of thiophene rings is 1. The summed E-state index contributed by atoms with van der Waals surface area (Å²) in [4.78, 5) is 5.66. The maximum absolute atomic E-state index is 3.59. The van der Waals surface area contributed by atoms with Crippen molar-refractivity contribution in [1.82, 2.24) is 10.2 Å². The molecular formula is C15H24N2S. The van der Waals surface area contributed by atoms with E-state index < -0.39 is 0 Å². The molecule has 2 fully saturated rings. The number of nitrogens with zero attached hydrogens (tertiary/aromatic N) is 1. The van der Waals surface area contributed by atoms with Crippen LogP contribution in [0.1, 0.15) is 42.9 Å². The van der Waals surface area contributed by atoms with E-state index in [0.717, 1.165) is 31.1 Å². The minimum atomic E-state index is 0.759. The van der Waals surface area contributed by atoms with Gasteiger partial charge in [-0.25, -0.2) is 0 Å². The fourth-order valence-corrected chi connectivity index (χ4v) is 3.94. The molecular weight excluding hydrogens is 240 g/mol. The molecule has 0 amide bonds. The lowest BCUT2D eigenvalue weighted by molar-refractivity contribution is 0.259. The van der Waals surface area contributed by atoms with Gasteiger partial charge in [-0.2, -0.15) is 0 Å². The van der Waals surface area contributed by atoms with Crippen LogP contribution in [0.4, 0.5) is 0 Å². The summed E-state index contributed by atoms with van der Waals surface area (Å²) in [5, 5.41) is 3.59. The van der Waals surface area contributed by atoms with Gasteiger partial charge in [0.25, 0.3) is 0 Å². The average Bonchev–Trinajstić information content (AvgIpc) is 2.97. The number of likely N-dealkylation sites (tertiary alicyclic amines) is 1. The van der Waals surface area contributed by atoms with Crippen LogP contribution in [-0.2, 0) is 13.1 Å². The quantitative estimate of drug-likeness (QED) is 0.878.